The lowest BCUT2D eigenvalue weighted by Gasteiger charge is -2.16. The number of ether oxygens (including phenoxy) is 1. The quantitative estimate of drug-likeness (QED) is 0.0245. The standard InChI is InChI=1S/C39H34N2O10S/c1-24-21-28(38(45)51-41-34(43)17-18-35(41)44)22-25(2)37(24)50-39(46)36-30-7-3-4-8-32(30)40(19-5-6-20-52(47,48)49)33-23-27(13-16-31(33)36)10-9-26-11-14-29(42)15-12-26/h3-4,7-16,21-23H,5-6,17-20H2,1-2H3,(H,47,48,49)/p+1. The molecule has 0 atom stereocenters. The van der Waals surface area contributed by atoms with Crippen LogP contribution in [0.3, 0.4) is 0 Å². The van der Waals surface area contributed by atoms with Gasteiger partial charge in [-0.25, -0.2) is 9.59 Å². The number of esters is 1. The van der Waals surface area contributed by atoms with E-state index in [4.69, 9.17) is 9.57 Å². The number of hydroxylamine groups is 2. The zero-order chi connectivity index (χ0) is 37.2. The zero-order valence-electron chi connectivity index (χ0n) is 28.4. The number of carbonyl (C=O) groups excluding carboxylic acids is 4. The summed E-state index contributed by atoms with van der Waals surface area (Å²) in [5.74, 6) is -2.74. The second-order valence-corrected chi connectivity index (χ2v) is 14.1. The highest BCUT2D eigenvalue weighted by molar-refractivity contribution is 7.85. The van der Waals surface area contributed by atoms with Crippen molar-refractivity contribution in [1.82, 2.24) is 5.06 Å². The van der Waals surface area contributed by atoms with E-state index in [-0.39, 0.29) is 42.1 Å². The minimum Gasteiger partial charge on any atom is -0.508 e. The Bertz CT molecular complexity index is 2360. The molecule has 0 bridgehead atoms. The SMILES string of the molecule is Cc1cc(C(=O)ON2C(=O)CCC2=O)cc(C)c1OC(=O)c1c2ccccc2[n+](CCCCS(=O)(=O)O)c2cc(C=Cc3ccc(O)cc3)ccc12. The monoisotopic (exact) mass is 723 g/mol. The number of hydrogen-bond acceptors (Lipinski definition) is 9. The van der Waals surface area contributed by atoms with Crippen molar-refractivity contribution in [1.29, 1.82) is 0 Å². The molecule has 1 saturated heterocycles. The normalized spacial score (nSPS) is 13.4. The summed E-state index contributed by atoms with van der Waals surface area (Å²) >= 11 is 0. The van der Waals surface area contributed by atoms with Gasteiger partial charge in [0, 0.05) is 31.4 Å². The molecule has 12 nitrogen and oxygen atoms in total. The molecule has 4 aromatic carbocycles. The maximum atomic E-state index is 14.2. The molecule has 5 aromatic rings. The van der Waals surface area contributed by atoms with Crippen LogP contribution in [0, 0.1) is 13.8 Å². The third kappa shape index (κ3) is 7.85. The van der Waals surface area contributed by atoms with E-state index in [2.05, 4.69) is 0 Å². The van der Waals surface area contributed by atoms with Crippen molar-refractivity contribution < 1.29 is 51.4 Å². The molecule has 1 aromatic heterocycles. The van der Waals surface area contributed by atoms with E-state index in [1.54, 1.807) is 50.2 Å². The molecule has 1 fully saturated rings. The number of benzene rings is 4. The fraction of sp³-hybridized carbons (Fsp3) is 0.205. The van der Waals surface area contributed by atoms with Gasteiger partial charge in [-0.3, -0.25) is 14.1 Å². The molecule has 2 amide bonds. The van der Waals surface area contributed by atoms with E-state index in [1.165, 1.54) is 12.1 Å². The number of fused-ring (bicyclic) bond motifs is 2. The number of aryl methyl sites for hydroxylation is 3. The largest absolute Gasteiger partial charge is 0.508 e. The number of carbonyl (C=O) groups is 4. The Kier molecular flexibility index (Phi) is 10.2. The van der Waals surface area contributed by atoms with Crippen LogP contribution in [0.1, 0.15) is 68.7 Å². The summed E-state index contributed by atoms with van der Waals surface area (Å²) in [5, 5.41) is 11.3. The van der Waals surface area contributed by atoms with Crippen LogP contribution < -0.4 is 9.30 Å². The molecule has 0 aliphatic carbocycles. The Morgan fingerprint density at radius 3 is 2.10 bits per heavy atom. The zero-order valence-corrected chi connectivity index (χ0v) is 29.2. The molecule has 1 aliphatic heterocycles. The number of rotatable bonds is 11. The van der Waals surface area contributed by atoms with E-state index in [0.717, 1.165) is 11.1 Å². The second-order valence-electron chi connectivity index (χ2n) is 12.5. The highest BCUT2D eigenvalue weighted by Gasteiger charge is 2.33. The molecule has 13 heteroatoms. The molecule has 6 rings (SSSR count). The summed E-state index contributed by atoms with van der Waals surface area (Å²) in [6, 6.07) is 22.6. The van der Waals surface area contributed by atoms with Crippen LogP contribution in [0.15, 0.2) is 78.9 Å². The lowest BCUT2D eigenvalue weighted by Crippen LogP contribution is -2.37. The molecule has 266 valence electrons. The third-order valence-electron chi connectivity index (χ3n) is 8.72. The van der Waals surface area contributed by atoms with Gasteiger partial charge in [0.1, 0.15) is 18.0 Å². The van der Waals surface area contributed by atoms with Crippen LogP contribution in [0.2, 0.25) is 0 Å². The molecular weight excluding hydrogens is 688 g/mol. The number of imide groups is 1. The maximum Gasteiger partial charge on any atom is 0.363 e. The smallest absolute Gasteiger partial charge is 0.363 e. The lowest BCUT2D eigenvalue weighted by molar-refractivity contribution is -0.645. The van der Waals surface area contributed by atoms with E-state index >= 15 is 0 Å². The van der Waals surface area contributed by atoms with Crippen LogP contribution in [0.25, 0.3) is 34.0 Å². The van der Waals surface area contributed by atoms with Gasteiger partial charge in [0.2, 0.25) is 11.0 Å². The van der Waals surface area contributed by atoms with Gasteiger partial charge in [-0.2, -0.15) is 13.0 Å². The van der Waals surface area contributed by atoms with Gasteiger partial charge in [-0.1, -0.05) is 42.5 Å². The summed E-state index contributed by atoms with van der Waals surface area (Å²) in [4.78, 5) is 56.1. The van der Waals surface area contributed by atoms with Crippen LogP contribution in [-0.2, 0) is 31.1 Å². The highest BCUT2D eigenvalue weighted by Crippen LogP contribution is 2.31. The first-order valence-electron chi connectivity index (χ1n) is 16.5. The van der Waals surface area contributed by atoms with Gasteiger partial charge in [0.05, 0.1) is 27.7 Å². The van der Waals surface area contributed by atoms with E-state index in [1.807, 2.05) is 47.1 Å². The minimum absolute atomic E-state index is 0.0340. The maximum absolute atomic E-state index is 14.2. The first kappa shape index (κ1) is 35.9. The molecular formula is C39H35N2O10S+. The van der Waals surface area contributed by atoms with Gasteiger partial charge >= 0.3 is 11.9 Å². The Hall–Kier alpha value is -5.92. The summed E-state index contributed by atoms with van der Waals surface area (Å²) in [6.45, 7) is 3.71. The topological polar surface area (TPSA) is 168 Å². The van der Waals surface area contributed by atoms with Crippen molar-refractivity contribution in [2.24, 2.45) is 0 Å². The van der Waals surface area contributed by atoms with Gasteiger partial charge in [0.15, 0.2) is 0 Å². The van der Waals surface area contributed by atoms with Crippen LogP contribution in [-0.4, -0.2) is 52.6 Å². The average Bonchev–Trinajstić information content (AvgIpc) is 3.42. The number of aromatic nitrogens is 1. The van der Waals surface area contributed by atoms with Crippen molar-refractivity contribution in [3.8, 4) is 11.5 Å². The predicted octanol–water partition coefficient (Wildman–Crippen LogP) is 5.88. The lowest BCUT2D eigenvalue weighted by atomic mass is 9.99. The van der Waals surface area contributed by atoms with Crippen molar-refractivity contribution >= 4 is 67.8 Å². The van der Waals surface area contributed by atoms with Crippen molar-refractivity contribution in [2.75, 3.05) is 5.75 Å². The molecule has 2 heterocycles. The molecule has 0 unspecified atom stereocenters. The number of aromatic hydroxyl groups is 1. The second kappa shape index (κ2) is 14.7. The number of unbranched alkanes of at least 4 members (excludes halogenated alkanes) is 1. The van der Waals surface area contributed by atoms with E-state index in [0.29, 0.717) is 56.5 Å². The van der Waals surface area contributed by atoms with E-state index < -0.39 is 33.9 Å². The number of amides is 2. The van der Waals surface area contributed by atoms with Gasteiger partial charge in [-0.15, -0.1) is 5.06 Å². The molecule has 2 N–H and O–H groups in total. The molecule has 52 heavy (non-hydrogen) atoms. The molecule has 0 saturated carbocycles. The molecule has 1 aliphatic rings. The summed E-state index contributed by atoms with van der Waals surface area (Å²) in [5.41, 5.74) is 4.31. The first-order chi connectivity index (χ1) is 24.8. The van der Waals surface area contributed by atoms with Crippen molar-refractivity contribution in [2.45, 2.75) is 46.1 Å². The predicted molar refractivity (Wildman–Crippen MR) is 192 cm³/mol. The van der Waals surface area contributed by atoms with Crippen molar-refractivity contribution in [3.63, 3.8) is 0 Å². The van der Waals surface area contributed by atoms with E-state index in [9.17, 15) is 37.3 Å². The third-order valence-corrected chi connectivity index (χ3v) is 9.52. The summed E-state index contributed by atoms with van der Waals surface area (Å²) in [7, 11) is -4.13. The van der Waals surface area contributed by atoms with Gasteiger partial charge in [0.25, 0.3) is 21.9 Å². The number of nitrogens with zero attached hydrogens (tertiary/aromatic N) is 2. The fourth-order valence-corrected chi connectivity index (χ4v) is 6.81. The molecule has 0 radical (unpaired) electrons. The molecule has 0 spiro atoms. The fourth-order valence-electron chi connectivity index (χ4n) is 6.24. The number of pyridine rings is 1. The number of phenols is 1. The number of phenolic OH excluding ortho intramolecular Hbond substituents is 1. The van der Waals surface area contributed by atoms with Gasteiger partial charge in [-0.05, 0) is 78.9 Å². The Balaban J connectivity index is 1.38. The van der Waals surface area contributed by atoms with Crippen LogP contribution in [0.4, 0.5) is 0 Å². The Morgan fingerprint density at radius 2 is 1.42 bits per heavy atom. The minimum atomic E-state index is -4.13. The van der Waals surface area contributed by atoms with Gasteiger partial charge < -0.3 is 14.7 Å². The average molecular weight is 724 g/mol. The van der Waals surface area contributed by atoms with Crippen LogP contribution in [0.5, 0.6) is 11.5 Å². The van der Waals surface area contributed by atoms with Crippen LogP contribution >= 0.6 is 0 Å². The van der Waals surface area contributed by atoms with Crippen molar-refractivity contribution in [3.05, 3.63) is 112 Å². The number of para-hydroxylation sites is 1. The number of hydrogen-bond donors (Lipinski definition) is 2. The Labute approximate surface area is 299 Å². The highest BCUT2D eigenvalue weighted by atomic mass is 32.2. The summed E-state index contributed by atoms with van der Waals surface area (Å²) < 4.78 is 40.2. The Morgan fingerprint density at radius 1 is 0.808 bits per heavy atom. The summed E-state index contributed by atoms with van der Waals surface area (Å²) in [6.07, 6.45) is 4.37. The first-order valence-corrected chi connectivity index (χ1v) is 18.1.